The summed E-state index contributed by atoms with van der Waals surface area (Å²) in [4.78, 5) is 33.4. The lowest BCUT2D eigenvalue weighted by molar-refractivity contribution is 0.0674. The van der Waals surface area contributed by atoms with Crippen LogP contribution in [-0.2, 0) is 0 Å². The predicted molar refractivity (Wildman–Crippen MR) is 122 cm³/mol. The number of piperidine rings is 1. The highest BCUT2D eigenvalue weighted by molar-refractivity contribution is 5.91. The number of carbonyl (C=O) groups is 1. The monoisotopic (exact) mass is 432 g/mol. The lowest BCUT2D eigenvalue weighted by Crippen LogP contribution is -2.45. The van der Waals surface area contributed by atoms with Crippen LogP contribution in [0, 0.1) is 0 Å². The van der Waals surface area contributed by atoms with Gasteiger partial charge >= 0.3 is 0 Å². The number of pyridine rings is 1. The van der Waals surface area contributed by atoms with Crippen molar-refractivity contribution in [2.75, 3.05) is 51.2 Å². The molecular weight excluding hydrogens is 404 g/mol. The molecule has 3 aromatic rings. The van der Waals surface area contributed by atoms with Crippen LogP contribution in [0.4, 0.5) is 5.95 Å². The molecule has 0 bridgehead atoms. The van der Waals surface area contributed by atoms with E-state index in [4.69, 9.17) is 14.4 Å². The zero-order valence-electron chi connectivity index (χ0n) is 18.4. The number of piperazine rings is 1. The second-order valence-electron chi connectivity index (χ2n) is 8.56. The average Bonchev–Trinajstić information content (AvgIpc) is 3.39. The van der Waals surface area contributed by atoms with Crippen LogP contribution in [-0.4, -0.2) is 77.0 Å². The van der Waals surface area contributed by atoms with Crippen molar-refractivity contribution in [3.8, 4) is 11.1 Å². The molecule has 2 aliphatic heterocycles. The number of likely N-dealkylation sites (N-methyl/N-ethyl adjacent to an activating group) is 1. The van der Waals surface area contributed by atoms with Gasteiger partial charge in [-0.1, -0.05) is 0 Å². The molecule has 8 nitrogen and oxygen atoms in total. The van der Waals surface area contributed by atoms with Gasteiger partial charge in [-0.05, 0) is 49.7 Å². The molecule has 32 heavy (non-hydrogen) atoms. The number of likely N-dealkylation sites (tertiary alicyclic amines) is 1. The Bertz CT molecular complexity index is 1050. The van der Waals surface area contributed by atoms with Gasteiger partial charge in [0.15, 0.2) is 5.76 Å². The zero-order chi connectivity index (χ0) is 21.9. The lowest BCUT2D eigenvalue weighted by atomic mass is 9.90. The fourth-order valence-electron chi connectivity index (χ4n) is 4.55. The first-order valence-electron chi connectivity index (χ1n) is 11.2. The Balaban J connectivity index is 1.47. The van der Waals surface area contributed by atoms with E-state index in [1.807, 2.05) is 23.2 Å². The number of anilines is 1. The minimum atomic E-state index is -0.0569. The van der Waals surface area contributed by atoms with Crippen LogP contribution in [0.5, 0.6) is 0 Å². The van der Waals surface area contributed by atoms with E-state index in [1.54, 1.807) is 30.8 Å². The van der Waals surface area contributed by atoms with Crippen molar-refractivity contribution in [2.45, 2.75) is 18.8 Å². The summed E-state index contributed by atoms with van der Waals surface area (Å²) in [6.07, 6.45) is 8.99. The molecule has 1 atom stereocenters. The van der Waals surface area contributed by atoms with Crippen LogP contribution in [0.1, 0.15) is 35.0 Å². The van der Waals surface area contributed by atoms with E-state index >= 15 is 0 Å². The molecule has 0 N–H and O–H groups in total. The summed E-state index contributed by atoms with van der Waals surface area (Å²) in [5, 5.41) is 0. The average molecular weight is 433 g/mol. The third-order valence-electron chi connectivity index (χ3n) is 6.41. The number of hydrogen-bond acceptors (Lipinski definition) is 7. The first-order chi connectivity index (χ1) is 15.7. The van der Waals surface area contributed by atoms with Crippen molar-refractivity contribution in [1.29, 1.82) is 0 Å². The Morgan fingerprint density at radius 3 is 2.66 bits per heavy atom. The number of hydrogen-bond donors (Lipinski definition) is 0. The highest BCUT2D eigenvalue weighted by Crippen LogP contribution is 2.34. The normalized spacial score (nSPS) is 19.8. The van der Waals surface area contributed by atoms with Crippen LogP contribution in [0.2, 0.25) is 0 Å². The summed E-state index contributed by atoms with van der Waals surface area (Å²) in [6.45, 7) is 5.18. The molecule has 0 spiro atoms. The van der Waals surface area contributed by atoms with Gasteiger partial charge in [0.1, 0.15) is 0 Å². The summed E-state index contributed by atoms with van der Waals surface area (Å²) in [5.74, 6) is 1.25. The van der Waals surface area contributed by atoms with E-state index in [1.165, 1.54) is 0 Å². The van der Waals surface area contributed by atoms with Gasteiger partial charge in [0, 0.05) is 69.3 Å². The second-order valence-corrected chi connectivity index (χ2v) is 8.56. The molecule has 2 fully saturated rings. The van der Waals surface area contributed by atoms with E-state index in [0.29, 0.717) is 12.3 Å². The molecule has 3 aromatic heterocycles. The van der Waals surface area contributed by atoms with Crippen LogP contribution < -0.4 is 4.90 Å². The third kappa shape index (κ3) is 4.23. The van der Waals surface area contributed by atoms with E-state index in [-0.39, 0.29) is 11.8 Å². The van der Waals surface area contributed by atoms with E-state index in [9.17, 15) is 4.79 Å². The van der Waals surface area contributed by atoms with Crippen molar-refractivity contribution < 1.29 is 9.21 Å². The third-order valence-corrected chi connectivity index (χ3v) is 6.41. The topological polar surface area (TPSA) is 78.6 Å². The largest absolute Gasteiger partial charge is 0.459 e. The highest BCUT2D eigenvalue weighted by Gasteiger charge is 2.30. The maximum absolute atomic E-state index is 12.9. The smallest absolute Gasteiger partial charge is 0.289 e. The van der Waals surface area contributed by atoms with Crippen molar-refractivity contribution in [1.82, 2.24) is 24.8 Å². The molecule has 0 aromatic carbocycles. The van der Waals surface area contributed by atoms with Gasteiger partial charge in [-0.3, -0.25) is 9.78 Å². The van der Waals surface area contributed by atoms with Gasteiger partial charge < -0.3 is 19.1 Å². The summed E-state index contributed by atoms with van der Waals surface area (Å²) < 4.78 is 5.36. The molecular formula is C24H28N6O2. The molecule has 5 heterocycles. The minimum Gasteiger partial charge on any atom is -0.459 e. The van der Waals surface area contributed by atoms with Crippen molar-refractivity contribution in [3.05, 3.63) is 60.6 Å². The molecule has 5 rings (SSSR count). The Hall–Kier alpha value is -3.26. The number of carbonyl (C=O) groups excluding carboxylic acids is 1. The summed E-state index contributed by atoms with van der Waals surface area (Å²) in [6, 6.07) is 7.46. The van der Waals surface area contributed by atoms with Gasteiger partial charge in [-0.2, -0.15) is 0 Å². The SMILES string of the molecule is CN1CCN(c2ncc(-c3ccncc3)c([C@H]3CCCN(C(=O)c4ccco4)C3)n2)CC1. The van der Waals surface area contributed by atoms with Gasteiger partial charge in [0.05, 0.1) is 12.0 Å². The Morgan fingerprint density at radius 2 is 1.91 bits per heavy atom. The number of rotatable bonds is 4. The Morgan fingerprint density at radius 1 is 1.09 bits per heavy atom. The van der Waals surface area contributed by atoms with Crippen molar-refractivity contribution >= 4 is 11.9 Å². The summed E-state index contributed by atoms with van der Waals surface area (Å²) in [5.41, 5.74) is 3.08. The molecule has 0 aliphatic carbocycles. The molecule has 1 amide bonds. The fourth-order valence-corrected chi connectivity index (χ4v) is 4.55. The van der Waals surface area contributed by atoms with Crippen LogP contribution >= 0.6 is 0 Å². The zero-order valence-corrected chi connectivity index (χ0v) is 18.4. The maximum atomic E-state index is 12.9. The molecule has 166 valence electrons. The van der Waals surface area contributed by atoms with Gasteiger partial charge in [-0.15, -0.1) is 0 Å². The van der Waals surface area contributed by atoms with Crippen molar-refractivity contribution in [2.24, 2.45) is 0 Å². The number of amides is 1. The number of aromatic nitrogens is 3. The molecule has 2 saturated heterocycles. The second kappa shape index (κ2) is 9.08. The van der Waals surface area contributed by atoms with Gasteiger partial charge in [-0.25, -0.2) is 9.97 Å². The minimum absolute atomic E-state index is 0.0569. The van der Waals surface area contributed by atoms with Gasteiger partial charge in [0.2, 0.25) is 5.95 Å². The van der Waals surface area contributed by atoms with Crippen LogP contribution in [0.25, 0.3) is 11.1 Å². The Kier molecular flexibility index (Phi) is 5.85. The van der Waals surface area contributed by atoms with E-state index in [0.717, 1.165) is 68.3 Å². The number of furan rings is 1. The first-order valence-corrected chi connectivity index (χ1v) is 11.2. The Labute approximate surface area is 187 Å². The van der Waals surface area contributed by atoms with E-state index in [2.05, 4.69) is 21.8 Å². The molecule has 8 heteroatoms. The standard InChI is InChI=1S/C24H28N6O2/c1-28-11-13-29(14-12-28)24-26-16-20(18-6-8-25-9-7-18)22(27-24)19-4-2-10-30(17-19)23(31)21-5-3-15-32-21/h3,5-9,15-16,19H,2,4,10-14,17H2,1H3/t19-/m0/s1. The maximum Gasteiger partial charge on any atom is 0.289 e. The highest BCUT2D eigenvalue weighted by atomic mass is 16.3. The summed E-state index contributed by atoms with van der Waals surface area (Å²) >= 11 is 0. The molecule has 0 radical (unpaired) electrons. The molecule has 2 aliphatic rings. The van der Waals surface area contributed by atoms with E-state index < -0.39 is 0 Å². The van der Waals surface area contributed by atoms with Crippen molar-refractivity contribution in [3.63, 3.8) is 0 Å². The van der Waals surface area contributed by atoms with Crippen LogP contribution in [0.15, 0.2) is 53.5 Å². The van der Waals surface area contributed by atoms with Crippen LogP contribution in [0.3, 0.4) is 0 Å². The number of nitrogens with zero attached hydrogens (tertiary/aromatic N) is 6. The summed E-state index contributed by atoms with van der Waals surface area (Å²) in [7, 11) is 2.14. The fraction of sp³-hybridized carbons (Fsp3) is 0.417. The molecule has 0 unspecified atom stereocenters. The predicted octanol–water partition coefficient (Wildman–Crippen LogP) is 2.90. The quantitative estimate of drug-likeness (QED) is 0.627. The van der Waals surface area contributed by atoms with Gasteiger partial charge in [0.25, 0.3) is 5.91 Å². The lowest BCUT2D eigenvalue weighted by Gasteiger charge is -2.35. The first kappa shape index (κ1) is 20.6. The molecule has 0 saturated carbocycles.